The molecular formula is C13H21BrN4O2. The summed E-state index contributed by atoms with van der Waals surface area (Å²) in [5, 5.41) is 12.2. The number of aromatic nitrogens is 2. The Morgan fingerprint density at radius 2 is 2.00 bits per heavy atom. The fourth-order valence-corrected chi connectivity index (χ4v) is 2.42. The maximum atomic E-state index is 12.1. The Kier molecular flexibility index (Phi) is 6.19. The summed E-state index contributed by atoms with van der Waals surface area (Å²) in [5.41, 5.74) is 1.13. The van der Waals surface area contributed by atoms with E-state index in [0.717, 1.165) is 12.1 Å². The number of hydrogen-bond donors (Lipinski definition) is 3. The lowest BCUT2D eigenvalue weighted by Gasteiger charge is -2.13. The molecule has 0 saturated heterocycles. The van der Waals surface area contributed by atoms with Gasteiger partial charge in [-0.1, -0.05) is 20.8 Å². The Hall–Kier alpha value is -1.37. The molecule has 0 spiro atoms. The number of nitrogens with one attached hydrogen (secondary N) is 3. The van der Waals surface area contributed by atoms with E-state index in [2.05, 4.69) is 36.8 Å². The highest BCUT2D eigenvalue weighted by Gasteiger charge is 2.22. The molecule has 0 fully saturated rings. The van der Waals surface area contributed by atoms with Crippen molar-refractivity contribution in [3.05, 3.63) is 15.9 Å². The largest absolute Gasteiger partial charge is 0.354 e. The van der Waals surface area contributed by atoms with E-state index in [1.807, 2.05) is 20.8 Å². The normalized spacial score (nSPS) is 12.3. The summed E-state index contributed by atoms with van der Waals surface area (Å²) in [6, 6.07) is -0.597. The molecule has 1 heterocycles. The molecule has 1 aromatic rings. The zero-order valence-electron chi connectivity index (χ0n) is 12.2. The predicted molar refractivity (Wildman–Crippen MR) is 80.6 cm³/mol. The van der Waals surface area contributed by atoms with E-state index < -0.39 is 6.04 Å². The summed E-state index contributed by atoms with van der Waals surface area (Å²) >= 11 is 3.37. The molecule has 20 heavy (non-hydrogen) atoms. The van der Waals surface area contributed by atoms with E-state index in [-0.39, 0.29) is 23.4 Å². The minimum Gasteiger partial charge on any atom is -0.354 e. The molecule has 1 atom stereocenters. The number of hydrogen-bond acceptors (Lipinski definition) is 3. The number of H-pyrrole nitrogens is 1. The fraction of sp³-hybridized carbons (Fsp3) is 0.615. The molecule has 6 nitrogen and oxygen atoms in total. The predicted octanol–water partition coefficient (Wildman–Crippen LogP) is 1.94. The number of carbonyl (C=O) groups excluding carboxylic acids is 2. The van der Waals surface area contributed by atoms with Gasteiger partial charge in [-0.15, -0.1) is 0 Å². The molecule has 0 aliphatic heterocycles. The summed E-state index contributed by atoms with van der Waals surface area (Å²) in [7, 11) is 0. The number of carbonyl (C=O) groups is 2. The average Bonchev–Trinajstić information content (AvgIpc) is 2.77. The van der Waals surface area contributed by atoms with E-state index in [4.69, 9.17) is 0 Å². The standard InChI is InChI=1S/C13H21BrN4O2/c1-5-6-15-12(19)8(4)16-13(20)11-9(14)10(7(2)3)17-18-11/h7-8H,5-6H2,1-4H3,(H,15,19)(H,16,20)(H,17,18)/t8-/m1/s1. The van der Waals surface area contributed by atoms with Gasteiger partial charge in [0.2, 0.25) is 5.91 Å². The van der Waals surface area contributed by atoms with Crippen molar-refractivity contribution in [3.8, 4) is 0 Å². The maximum absolute atomic E-state index is 12.1. The van der Waals surface area contributed by atoms with Gasteiger partial charge in [-0.05, 0) is 35.2 Å². The van der Waals surface area contributed by atoms with Crippen molar-refractivity contribution in [1.82, 2.24) is 20.8 Å². The average molecular weight is 345 g/mol. The number of nitrogens with zero attached hydrogens (tertiary/aromatic N) is 1. The van der Waals surface area contributed by atoms with Crippen LogP contribution < -0.4 is 10.6 Å². The van der Waals surface area contributed by atoms with Crippen molar-refractivity contribution in [1.29, 1.82) is 0 Å². The van der Waals surface area contributed by atoms with Crippen molar-refractivity contribution in [2.24, 2.45) is 0 Å². The minimum atomic E-state index is -0.597. The Labute approximate surface area is 127 Å². The van der Waals surface area contributed by atoms with Crippen molar-refractivity contribution in [3.63, 3.8) is 0 Å². The summed E-state index contributed by atoms with van der Waals surface area (Å²) in [6.07, 6.45) is 0.856. The van der Waals surface area contributed by atoms with Crippen LogP contribution in [0.5, 0.6) is 0 Å². The zero-order valence-corrected chi connectivity index (χ0v) is 13.8. The topological polar surface area (TPSA) is 86.9 Å². The maximum Gasteiger partial charge on any atom is 0.273 e. The zero-order chi connectivity index (χ0) is 15.3. The third-order valence-corrected chi connectivity index (χ3v) is 3.62. The molecule has 0 bridgehead atoms. The van der Waals surface area contributed by atoms with Crippen LogP contribution in [-0.2, 0) is 4.79 Å². The molecule has 112 valence electrons. The molecule has 1 rings (SSSR count). The van der Waals surface area contributed by atoms with Gasteiger partial charge in [0.05, 0.1) is 10.2 Å². The molecule has 0 saturated carbocycles. The van der Waals surface area contributed by atoms with E-state index in [1.54, 1.807) is 6.92 Å². The number of amides is 2. The van der Waals surface area contributed by atoms with Crippen LogP contribution in [0.1, 0.15) is 56.2 Å². The highest BCUT2D eigenvalue weighted by molar-refractivity contribution is 9.10. The molecule has 0 aliphatic carbocycles. The van der Waals surface area contributed by atoms with Gasteiger partial charge in [0.25, 0.3) is 5.91 Å². The van der Waals surface area contributed by atoms with E-state index >= 15 is 0 Å². The summed E-state index contributed by atoms with van der Waals surface area (Å²) in [6.45, 7) is 8.22. The summed E-state index contributed by atoms with van der Waals surface area (Å²) < 4.78 is 0.645. The van der Waals surface area contributed by atoms with Gasteiger partial charge < -0.3 is 10.6 Å². The Bertz CT molecular complexity index is 485. The third-order valence-electron chi connectivity index (χ3n) is 2.82. The summed E-state index contributed by atoms with van der Waals surface area (Å²) in [4.78, 5) is 23.8. The van der Waals surface area contributed by atoms with Crippen molar-refractivity contribution in [2.45, 2.75) is 46.1 Å². The van der Waals surface area contributed by atoms with Crippen LogP contribution in [0.3, 0.4) is 0 Å². The van der Waals surface area contributed by atoms with Crippen LogP contribution in [0.15, 0.2) is 4.47 Å². The Morgan fingerprint density at radius 1 is 1.35 bits per heavy atom. The van der Waals surface area contributed by atoms with E-state index in [0.29, 0.717) is 11.0 Å². The quantitative estimate of drug-likeness (QED) is 0.736. The van der Waals surface area contributed by atoms with Gasteiger partial charge in [-0.3, -0.25) is 14.7 Å². The van der Waals surface area contributed by atoms with E-state index in [1.165, 1.54) is 0 Å². The monoisotopic (exact) mass is 344 g/mol. The van der Waals surface area contributed by atoms with Crippen molar-refractivity contribution < 1.29 is 9.59 Å². The SMILES string of the molecule is CCCNC(=O)[C@@H](C)NC(=O)c1n[nH]c(C(C)C)c1Br. The van der Waals surface area contributed by atoms with Gasteiger partial charge >= 0.3 is 0 Å². The first-order valence-electron chi connectivity index (χ1n) is 6.70. The number of rotatable bonds is 6. The highest BCUT2D eigenvalue weighted by Crippen LogP contribution is 2.25. The minimum absolute atomic E-state index is 0.198. The van der Waals surface area contributed by atoms with Crippen LogP contribution in [0.4, 0.5) is 0 Å². The first-order valence-corrected chi connectivity index (χ1v) is 7.50. The first-order chi connectivity index (χ1) is 9.38. The van der Waals surface area contributed by atoms with Crippen molar-refractivity contribution in [2.75, 3.05) is 6.54 Å². The Morgan fingerprint density at radius 3 is 2.50 bits per heavy atom. The third kappa shape index (κ3) is 4.06. The molecule has 3 N–H and O–H groups in total. The number of aromatic amines is 1. The highest BCUT2D eigenvalue weighted by atomic mass is 79.9. The van der Waals surface area contributed by atoms with Gasteiger partial charge in [-0.25, -0.2) is 0 Å². The van der Waals surface area contributed by atoms with Gasteiger partial charge in [0.1, 0.15) is 6.04 Å². The fourth-order valence-electron chi connectivity index (χ4n) is 1.61. The van der Waals surface area contributed by atoms with Crippen LogP contribution in [0.25, 0.3) is 0 Å². The van der Waals surface area contributed by atoms with Gasteiger partial charge in [0, 0.05) is 6.54 Å². The van der Waals surface area contributed by atoms with Crippen LogP contribution in [-0.4, -0.2) is 34.6 Å². The molecule has 1 aromatic heterocycles. The first kappa shape index (κ1) is 16.7. The molecule has 0 unspecified atom stereocenters. The summed E-state index contributed by atoms with van der Waals surface area (Å²) in [5.74, 6) is -0.348. The number of halogens is 1. The smallest absolute Gasteiger partial charge is 0.273 e. The van der Waals surface area contributed by atoms with Gasteiger partial charge in [-0.2, -0.15) is 5.10 Å². The lowest BCUT2D eigenvalue weighted by molar-refractivity contribution is -0.122. The second-order valence-corrected chi connectivity index (χ2v) is 5.73. The molecule has 0 radical (unpaired) electrons. The van der Waals surface area contributed by atoms with Gasteiger partial charge in [0.15, 0.2) is 5.69 Å². The van der Waals surface area contributed by atoms with Crippen LogP contribution in [0, 0.1) is 0 Å². The van der Waals surface area contributed by atoms with Crippen LogP contribution >= 0.6 is 15.9 Å². The Balaban J connectivity index is 2.69. The van der Waals surface area contributed by atoms with Crippen LogP contribution in [0.2, 0.25) is 0 Å². The lowest BCUT2D eigenvalue weighted by atomic mass is 10.1. The molecule has 0 aliphatic rings. The van der Waals surface area contributed by atoms with Crippen molar-refractivity contribution >= 4 is 27.7 Å². The molecular weight excluding hydrogens is 324 g/mol. The molecule has 2 amide bonds. The molecule has 7 heteroatoms. The second kappa shape index (κ2) is 7.42. The lowest BCUT2D eigenvalue weighted by Crippen LogP contribution is -2.45. The second-order valence-electron chi connectivity index (χ2n) is 4.94. The molecule has 0 aromatic carbocycles. The van der Waals surface area contributed by atoms with E-state index in [9.17, 15) is 9.59 Å².